The molecule has 0 fully saturated rings. The van der Waals surface area contributed by atoms with Gasteiger partial charge in [-0.1, -0.05) is 97.1 Å². The number of hydrogen-bond donors (Lipinski definition) is 1. The Balaban J connectivity index is 1.90. The van der Waals surface area contributed by atoms with E-state index >= 15 is 0 Å². The summed E-state index contributed by atoms with van der Waals surface area (Å²) in [6, 6.07) is 37.8. The lowest BCUT2D eigenvalue weighted by Gasteiger charge is -2.17. The molecule has 0 heterocycles. The number of hydrogen-bond acceptors (Lipinski definition) is 1. The molecule has 4 rings (SSSR count). The van der Waals surface area contributed by atoms with Crippen LogP contribution in [0.15, 0.2) is 109 Å². The molecule has 4 aromatic carbocycles. The third-order valence-electron chi connectivity index (χ3n) is 4.28. The molecule has 0 aliphatic heterocycles. The second-order valence-corrected chi connectivity index (χ2v) is 5.95. The van der Waals surface area contributed by atoms with Crippen molar-refractivity contribution in [3.63, 3.8) is 0 Å². The summed E-state index contributed by atoms with van der Waals surface area (Å²) in [4.78, 5) is 0. The number of benzene rings is 4. The van der Waals surface area contributed by atoms with E-state index in [9.17, 15) is 0 Å². The van der Waals surface area contributed by atoms with Crippen LogP contribution < -0.4 is 5.32 Å². The smallest absolute Gasteiger partial charge is 0.0543 e. The van der Waals surface area contributed by atoms with Gasteiger partial charge in [0, 0.05) is 16.8 Å². The van der Waals surface area contributed by atoms with E-state index in [1.165, 1.54) is 22.3 Å². The fraction of sp³-hybridized carbons (Fsp3) is 0. The van der Waals surface area contributed by atoms with E-state index in [1.54, 1.807) is 0 Å². The highest BCUT2D eigenvalue weighted by atomic mass is 14.9. The van der Waals surface area contributed by atoms with Crippen molar-refractivity contribution in [2.75, 3.05) is 5.32 Å². The fourth-order valence-electron chi connectivity index (χ4n) is 3.07. The van der Waals surface area contributed by atoms with Gasteiger partial charge in [0.05, 0.1) is 5.69 Å². The molecule has 1 N–H and O–H groups in total. The van der Waals surface area contributed by atoms with Crippen LogP contribution in [0, 0.1) is 0 Å². The van der Waals surface area contributed by atoms with Gasteiger partial charge in [0.1, 0.15) is 0 Å². The molecule has 0 aromatic heterocycles. The molecule has 0 amide bonds. The van der Waals surface area contributed by atoms with Gasteiger partial charge in [0.15, 0.2) is 0 Å². The molecule has 0 saturated heterocycles. The van der Waals surface area contributed by atoms with Crippen molar-refractivity contribution in [3.05, 3.63) is 109 Å². The van der Waals surface area contributed by atoms with Crippen molar-refractivity contribution in [2.45, 2.75) is 0 Å². The Morgan fingerprint density at radius 2 is 0.840 bits per heavy atom. The average molecular weight is 321 g/mol. The quantitative estimate of drug-likeness (QED) is 0.437. The Hall–Kier alpha value is -3.32. The summed E-state index contributed by atoms with van der Waals surface area (Å²) in [5.74, 6) is 0. The second kappa shape index (κ2) is 7.06. The maximum absolute atomic E-state index is 3.64. The Kier molecular flexibility index (Phi) is 4.30. The highest BCUT2D eigenvalue weighted by Crippen LogP contribution is 2.38. The van der Waals surface area contributed by atoms with Gasteiger partial charge < -0.3 is 5.32 Å². The van der Waals surface area contributed by atoms with E-state index in [2.05, 4.69) is 108 Å². The largest absolute Gasteiger partial charge is 0.355 e. The van der Waals surface area contributed by atoms with Crippen molar-refractivity contribution >= 4 is 11.4 Å². The van der Waals surface area contributed by atoms with Crippen molar-refractivity contribution in [2.24, 2.45) is 0 Å². The van der Waals surface area contributed by atoms with Crippen LogP contribution in [0.4, 0.5) is 11.4 Å². The molecule has 0 aliphatic rings. The molecule has 25 heavy (non-hydrogen) atoms. The van der Waals surface area contributed by atoms with Crippen LogP contribution in [-0.4, -0.2) is 0 Å². The summed E-state index contributed by atoms with van der Waals surface area (Å²) in [6.07, 6.45) is 0. The zero-order chi connectivity index (χ0) is 16.9. The summed E-state index contributed by atoms with van der Waals surface area (Å²) < 4.78 is 0. The average Bonchev–Trinajstić information content (AvgIpc) is 2.70. The predicted octanol–water partition coefficient (Wildman–Crippen LogP) is 6.76. The summed E-state index contributed by atoms with van der Waals surface area (Å²) in [5, 5.41) is 3.64. The van der Waals surface area contributed by atoms with Gasteiger partial charge in [0.25, 0.3) is 0 Å². The summed E-state index contributed by atoms with van der Waals surface area (Å²) in [7, 11) is 0. The van der Waals surface area contributed by atoms with E-state index in [0.29, 0.717) is 0 Å². The third kappa shape index (κ3) is 3.31. The minimum Gasteiger partial charge on any atom is -0.355 e. The Labute approximate surface area is 148 Å². The van der Waals surface area contributed by atoms with Crippen LogP contribution in [0.1, 0.15) is 0 Å². The molecule has 4 aromatic rings. The van der Waals surface area contributed by atoms with Gasteiger partial charge in [-0.15, -0.1) is 0 Å². The molecular formula is C24H19N. The Morgan fingerprint density at radius 3 is 1.32 bits per heavy atom. The number of nitrogens with one attached hydrogen (secondary N) is 1. The summed E-state index contributed by atoms with van der Waals surface area (Å²) in [6.45, 7) is 0. The van der Waals surface area contributed by atoms with E-state index in [0.717, 1.165) is 11.4 Å². The van der Waals surface area contributed by atoms with Crippen LogP contribution in [0.5, 0.6) is 0 Å². The minimum atomic E-state index is 1.09. The molecule has 0 saturated carbocycles. The molecule has 0 atom stereocenters. The van der Waals surface area contributed by atoms with E-state index in [1.807, 2.05) is 6.07 Å². The second-order valence-electron chi connectivity index (χ2n) is 5.95. The highest BCUT2D eigenvalue weighted by molar-refractivity contribution is 5.92. The van der Waals surface area contributed by atoms with Crippen molar-refractivity contribution in [1.82, 2.24) is 0 Å². The van der Waals surface area contributed by atoms with Crippen LogP contribution in [-0.2, 0) is 0 Å². The monoisotopic (exact) mass is 321 g/mol. The SMILES string of the molecule is c1ccc(Nc2c(-c3ccccc3)cccc2-c2ccccc2)cc1. The van der Waals surface area contributed by atoms with E-state index in [4.69, 9.17) is 0 Å². The van der Waals surface area contributed by atoms with Gasteiger partial charge in [-0.05, 0) is 23.3 Å². The fourth-order valence-corrected chi connectivity index (χ4v) is 3.07. The van der Waals surface area contributed by atoms with Crippen LogP contribution in [0.25, 0.3) is 22.3 Å². The first-order valence-electron chi connectivity index (χ1n) is 8.48. The van der Waals surface area contributed by atoms with E-state index in [-0.39, 0.29) is 0 Å². The standard InChI is InChI=1S/C24H19N/c1-4-11-19(12-5-1)22-17-10-18-23(20-13-6-2-7-14-20)24(22)25-21-15-8-3-9-16-21/h1-18,25H. The van der Waals surface area contributed by atoms with Crippen molar-refractivity contribution < 1.29 is 0 Å². The molecule has 1 heteroatoms. The molecule has 0 bridgehead atoms. The van der Waals surface area contributed by atoms with Crippen LogP contribution in [0.2, 0.25) is 0 Å². The van der Waals surface area contributed by atoms with Crippen LogP contribution in [0.3, 0.4) is 0 Å². The Bertz CT molecular complexity index is 887. The maximum Gasteiger partial charge on any atom is 0.0543 e. The zero-order valence-corrected chi connectivity index (χ0v) is 13.9. The van der Waals surface area contributed by atoms with Gasteiger partial charge in [0.2, 0.25) is 0 Å². The lowest BCUT2D eigenvalue weighted by molar-refractivity contribution is 1.52. The van der Waals surface area contributed by atoms with Gasteiger partial charge >= 0.3 is 0 Å². The summed E-state index contributed by atoms with van der Waals surface area (Å²) >= 11 is 0. The van der Waals surface area contributed by atoms with Crippen LogP contribution >= 0.6 is 0 Å². The highest BCUT2D eigenvalue weighted by Gasteiger charge is 2.12. The topological polar surface area (TPSA) is 12.0 Å². The maximum atomic E-state index is 3.64. The van der Waals surface area contributed by atoms with E-state index < -0.39 is 0 Å². The number of anilines is 2. The number of para-hydroxylation sites is 2. The van der Waals surface area contributed by atoms with Crippen molar-refractivity contribution in [1.29, 1.82) is 0 Å². The van der Waals surface area contributed by atoms with Crippen molar-refractivity contribution in [3.8, 4) is 22.3 Å². The molecular weight excluding hydrogens is 302 g/mol. The molecule has 0 spiro atoms. The van der Waals surface area contributed by atoms with Gasteiger partial charge in [-0.2, -0.15) is 0 Å². The Morgan fingerprint density at radius 1 is 0.400 bits per heavy atom. The molecule has 1 nitrogen and oxygen atoms in total. The molecule has 0 unspecified atom stereocenters. The minimum absolute atomic E-state index is 1.09. The number of rotatable bonds is 4. The first-order valence-corrected chi connectivity index (χ1v) is 8.48. The normalized spacial score (nSPS) is 10.4. The lowest BCUT2D eigenvalue weighted by Crippen LogP contribution is -1.96. The first-order chi connectivity index (χ1) is 12.4. The van der Waals surface area contributed by atoms with Gasteiger partial charge in [-0.25, -0.2) is 0 Å². The summed E-state index contributed by atoms with van der Waals surface area (Å²) in [5.41, 5.74) is 7.03. The molecule has 0 radical (unpaired) electrons. The molecule has 0 aliphatic carbocycles. The lowest BCUT2D eigenvalue weighted by atomic mass is 9.95. The van der Waals surface area contributed by atoms with Gasteiger partial charge in [-0.3, -0.25) is 0 Å². The molecule has 120 valence electrons. The predicted molar refractivity (Wildman–Crippen MR) is 107 cm³/mol. The first kappa shape index (κ1) is 15.2. The third-order valence-corrected chi connectivity index (χ3v) is 4.28. The zero-order valence-electron chi connectivity index (χ0n) is 13.9.